The standard InChI is InChI=1S/C77H150O17P2/c1-9-68(6)54-46-38-30-24-20-16-12-14-18-22-26-32-41-49-57-74(79)87-63-72(93-76(81)59-51-43-33-27-23-19-15-13-17-21-25-31-39-47-55-69(7)10-2)65-91-95(83,84)89-61-71(78)62-90-96(85,86)92-66-73(94-77(82)60-52-44-34-28-29-37-45-53-67(4)5)64-88-75(80)58-50-42-36-35-40-48-56-70(8)11-3/h67-73,78H,9-66H2,1-8H3,(H,83,84)(H,85,86)/t68?,69?,70?,71-,72-,73-/m1/s1. The van der Waals surface area contributed by atoms with E-state index in [1.165, 1.54) is 186 Å². The molecule has 570 valence electrons. The summed E-state index contributed by atoms with van der Waals surface area (Å²) < 4.78 is 68.5. The normalized spacial score (nSPS) is 15.0. The summed E-state index contributed by atoms with van der Waals surface area (Å²) in [6.07, 6.45) is 51.4. The van der Waals surface area contributed by atoms with Gasteiger partial charge >= 0.3 is 39.5 Å². The van der Waals surface area contributed by atoms with E-state index in [1.54, 1.807) is 0 Å². The van der Waals surface area contributed by atoms with Crippen molar-refractivity contribution in [3.05, 3.63) is 0 Å². The maximum absolute atomic E-state index is 13.1. The van der Waals surface area contributed by atoms with Gasteiger partial charge in [-0.05, 0) is 49.4 Å². The number of aliphatic hydroxyl groups excluding tert-OH is 1. The lowest BCUT2D eigenvalue weighted by Gasteiger charge is -2.21. The quantitative estimate of drug-likeness (QED) is 0.0222. The van der Waals surface area contributed by atoms with E-state index in [0.717, 1.165) is 114 Å². The third-order valence-electron chi connectivity index (χ3n) is 18.9. The minimum atomic E-state index is -4.96. The monoisotopic (exact) mass is 1410 g/mol. The number of hydrogen-bond acceptors (Lipinski definition) is 15. The Morgan fingerprint density at radius 2 is 0.500 bits per heavy atom. The van der Waals surface area contributed by atoms with Crippen molar-refractivity contribution >= 4 is 39.5 Å². The van der Waals surface area contributed by atoms with Crippen LogP contribution in [0.2, 0.25) is 0 Å². The van der Waals surface area contributed by atoms with E-state index in [9.17, 15) is 43.2 Å². The van der Waals surface area contributed by atoms with Gasteiger partial charge in [-0.1, -0.05) is 338 Å². The number of esters is 4. The van der Waals surface area contributed by atoms with Crippen LogP contribution in [0, 0.1) is 23.7 Å². The van der Waals surface area contributed by atoms with Crippen LogP contribution in [0.5, 0.6) is 0 Å². The zero-order valence-electron chi connectivity index (χ0n) is 63.0. The van der Waals surface area contributed by atoms with Gasteiger partial charge in [0, 0.05) is 25.7 Å². The lowest BCUT2D eigenvalue weighted by Crippen LogP contribution is -2.30. The highest BCUT2D eigenvalue weighted by Crippen LogP contribution is 2.45. The van der Waals surface area contributed by atoms with Gasteiger partial charge in [0.15, 0.2) is 12.2 Å². The fourth-order valence-corrected chi connectivity index (χ4v) is 13.2. The fraction of sp³-hybridized carbons (Fsp3) is 0.948. The first-order valence-electron chi connectivity index (χ1n) is 39.8. The molecule has 0 fully saturated rings. The van der Waals surface area contributed by atoms with E-state index >= 15 is 0 Å². The van der Waals surface area contributed by atoms with Crippen molar-refractivity contribution in [2.24, 2.45) is 23.7 Å². The van der Waals surface area contributed by atoms with Gasteiger partial charge in [-0.15, -0.1) is 0 Å². The van der Waals surface area contributed by atoms with Crippen molar-refractivity contribution in [2.45, 2.75) is 408 Å². The predicted molar refractivity (Wildman–Crippen MR) is 391 cm³/mol. The van der Waals surface area contributed by atoms with Gasteiger partial charge in [-0.25, -0.2) is 9.13 Å². The largest absolute Gasteiger partial charge is 0.472 e. The second-order valence-corrected chi connectivity index (χ2v) is 31.9. The number of ether oxygens (including phenoxy) is 4. The van der Waals surface area contributed by atoms with Gasteiger partial charge in [0.2, 0.25) is 0 Å². The highest BCUT2D eigenvalue weighted by atomic mass is 31.2. The second-order valence-electron chi connectivity index (χ2n) is 28.9. The topological polar surface area (TPSA) is 237 Å². The summed E-state index contributed by atoms with van der Waals surface area (Å²) in [6.45, 7) is 14.2. The molecule has 0 bridgehead atoms. The van der Waals surface area contributed by atoms with Crippen molar-refractivity contribution in [2.75, 3.05) is 39.6 Å². The number of unbranched alkanes of at least 4 members (excludes halogenated alkanes) is 37. The third-order valence-corrected chi connectivity index (χ3v) is 20.8. The summed E-state index contributed by atoms with van der Waals surface area (Å²) in [5.74, 6) is 1.000. The molecule has 0 aromatic carbocycles. The molecular weight excluding hydrogens is 1260 g/mol. The summed E-state index contributed by atoms with van der Waals surface area (Å²) in [4.78, 5) is 72.8. The average molecular weight is 1410 g/mol. The van der Waals surface area contributed by atoms with Crippen LogP contribution < -0.4 is 0 Å². The van der Waals surface area contributed by atoms with E-state index in [0.29, 0.717) is 31.6 Å². The van der Waals surface area contributed by atoms with Crippen LogP contribution in [0.1, 0.15) is 389 Å². The molecule has 0 aromatic rings. The molecule has 0 aliphatic carbocycles. The molecule has 96 heavy (non-hydrogen) atoms. The summed E-state index contributed by atoms with van der Waals surface area (Å²) in [6, 6.07) is 0. The highest BCUT2D eigenvalue weighted by molar-refractivity contribution is 7.47. The van der Waals surface area contributed by atoms with E-state index < -0.39 is 97.5 Å². The van der Waals surface area contributed by atoms with Gasteiger partial charge in [-0.3, -0.25) is 37.3 Å². The summed E-state index contributed by atoms with van der Waals surface area (Å²) in [7, 11) is -9.91. The minimum absolute atomic E-state index is 0.102. The Morgan fingerprint density at radius 1 is 0.292 bits per heavy atom. The molecule has 0 spiro atoms. The molecule has 0 aliphatic rings. The Hall–Kier alpha value is -1.94. The number of aliphatic hydroxyl groups is 1. The number of rotatable bonds is 74. The highest BCUT2D eigenvalue weighted by Gasteiger charge is 2.30. The molecule has 5 unspecified atom stereocenters. The minimum Gasteiger partial charge on any atom is -0.462 e. The van der Waals surface area contributed by atoms with Crippen molar-refractivity contribution < 1.29 is 80.2 Å². The zero-order valence-corrected chi connectivity index (χ0v) is 64.8. The first kappa shape index (κ1) is 94.1. The van der Waals surface area contributed by atoms with Crippen molar-refractivity contribution in [3.8, 4) is 0 Å². The zero-order chi connectivity index (χ0) is 71.0. The first-order valence-corrected chi connectivity index (χ1v) is 42.8. The van der Waals surface area contributed by atoms with Crippen LogP contribution in [-0.2, 0) is 65.4 Å². The van der Waals surface area contributed by atoms with Crippen LogP contribution in [0.15, 0.2) is 0 Å². The number of phosphoric ester groups is 2. The smallest absolute Gasteiger partial charge is 0.462 e. The number of carbonyl (C=O) groups is 4. The molecule has 0 aromatic heterocycles. The molecule has 0 aliphatic heterocycles. The number of hydrogen-bond donors (Lipinski definition) is 3. The molecule has 8 atom stereocenters. The Bertz CT molecular complexity index is 1890. The average Bonchev–Trinajstić information content (AvgIpc) is 1.43. The first-order chi connectivity index (χ1) is 46.2. The lowest BCUT2D eigenvalue weighted by atomic mass is 9.99. The molecule has 0 saturated heterocycles. The molecule has 0 rings (SSSR count). The van der Waals surface area contributed by atoms with Crippen LogP contribution >= 0.6 is 15.6 Å². The molecule has 19 heteroatoms. The molecule has 0 saturated carbocycles. The fourth-order valence-electron chi connectivity index (χ4n) is 11.6. The Morgan fingerprint density at radius 3 is 0.740 bits per heavy atom. The SMILES string of the molecule is CCC(C)CCCCCCCCCCCCCCCCC(=O)OC[C@H](COP(=O)(O)OC[C@@H](O)COP(=O)(O)OC[C@@H](COC(=O)CCCCCCCCC(C)CC)OC(=O)CCCCCCCCCC(C)C)OC(=O)CCCCCCCCCCCCCCCCC(C)CC. The predicted octanol–water partition coefficient (Wildman–Crippen LogP) is 22.4. The molecule has 17 nitrogen and oxygen atoms in total. The van der Waals surface area contributed by atoms with Crippen LogP contribution in [0.3, 0.4) is 0 Å². The maximum atomic E-state index is 13.1. The summed E-state index contributed by atoms with van der Waals surface area (Å²) in [5, 5.41) is 10.6. The van der Waals surface area contributed by atoms with E-state index in [2.05, 4.69) is 55.4 Å². The van der Waals surface area contributed by atoms with Crippen molar-refractivity contribution in [1.82, 2.24) is 0 Å². The second kappa shape index (κ2) is 66.3. The van der Waals surface area contributed by atoms with E-state index in [-0.39, 0.29) is 25.7 Å². The van der Waals surface area contributed by atoms with E-state index in [1.807, 2.05) is 0 Å². The van der Waals surface area contributed by atoms with Crippen LogP contribution in [0.4, 0.5) is 0 Å². The third kappa shape index (κ3) is 66.6. The van der Waals surface area contributed by atoms with Gasteiger partial charge < -0.3 is 33.8 Å². The van der Waals surface area contributed by atoms with Crippen molar-refractivity contribution in [3.63, 3.8) is 0 Å². The van der Waals surface area contributed by atoms with Crippen LogP contribution in [-0.4, -0.2) is 96.7 Å². The maximum Gasteiger partial charge on any atom is 0.472 e. The van der Waals surface area contributed by atoms with Gasteiger partial charge in [0.1, 0.15) is 19.3 Å². The summed E-state index contributed by atoms with van der Waals surface area (Å²) >= 11 is 0. The Kier molecular flexibility index (Phi) is 65.0. The van der Waals surface area contributed by atoms with Gasteiger partial charge in [0.25, 0.3) is 0 Å². The number of phosphoric acid groups is 2. The Labute approximate surface area is 588 Å². The van der Waals surface area contributed by atoms with Gasteiger partial charge in [-0.2, -0.15) is 0 Å². The molecule has 3 N–H and O–H groups in total. The van der Waals surface area contributed by atoms with E-state index in [4.69, 9.17) is 37.0 Å². The summed E-state index contributed by atoms with van der Waals surface area (Å²) in [5.41, 5.74) is 0. The Balaban J connectivity index is 5.23. The molecule has 0 radical (unpaired) electrons. The van der Waals surface area contributed by atoms with Crippen molar-refractivity contribution in [1.29, 1.82) is 0 Å². The molecule has 0 amide bonds. The lowest BCUT2D eigenvalue weighted by molar-refractivity contribution is -0.161. The molecular formula is C77H150O17P2. The van der Waals surface area contributed by atoms with Gasteiger partial charge in [0.05, 0.1) is 26.4 Å². The number of carbonyl (C=O) groups excluding carboxylic acids is 4. The van der Waals surface area contributed by atoms with Crippen LogP contribution in [0.25, 0.3) is 0 Å². The molecule has 0 heterocycles.